The van der Waals surface area contributed by atoms with Crippen LogP contribution in [0, 0.1) is 6.42 Å². The molecule has 0 fully saturated rings. The van der Waals surface area contributed by atoms with Gasteiger partial charge in [-0.3, -0.25) is 12.6 Å². The summed E-state index contributed by atoms with van der Waals surface area (Å²) in [5.74, 6) is 0. The second-order valence-corrected chi connectivity index (χ2v) is 20.6. The van der Waals surface area contributed by atoms with Crippen LogP contribution >= 0.6 is 0 Å². The minimum Gasteiger partial charge on any atom is -0.768 e. The number of hydrogen-bond donors (Lipinski definition) is 0. The van der Waals surface area contributed by atoms with Crippen molar-refractivity contribution >= 4 is 33.2 Å². The van der Waals surface area contributed by atoms with Gasteiger partial charge >= 0.3 is 21.7 Å². The molecule has 3 atom stereocenters. The van der Waals surface area contributed by atoms with E-state index in [1.807, 2.05) is 56.7 Å². The maximum absolute atomic E-state index is 11.1. The van der Waals surface area contributed by atoms with E-state index in [4.69, 9.17) is 0 Å². The average molecular weight is 1020 g/mol. The molecule has 0 saturated heterocycles. The van der Waals surface area contributed by atoms with E-state index in [9.17, 15) is 26.3 Å². The van der Waals surface area contributed by atoms with Crippen molar-refractivity contribution in [1.82, 2.24) is 0 Å². The molecule has 0 N–H and O–H groups in total. The van der Waals surface area contributed by atoms with Crippen LogP contribution in [0.4, 0.5) is 0 Å². The largest absolute Gasteiger partial charge is 4.00 e. The van der Waals surface area contributed by atoms with Crippen LogP contribution in [-0.2, 0) is 74.2 Å². The SMILES string of the molecule is CCCCCCCCCCCCc1ccccc1S(=O)[O-].CCCCCCCCCCCCc1ccccc1S(=O)[O-].CCCCCCCCCCCCc1ccccc1S(=O)[O-].C[CH-]C.[Ti+4]. The molecule has 67 heavy (non-hydrogen) atoms. The summed E-state index contributed by atoms with van der Waals surface area (Å²) in [6, 6.07) is 22.0. The number of aryl methyl sites for hydroxylation is 3. The average Bonchev–Trinajstić information content (AvgIpc) is 3.31. The summed E-state index contributed by atoms with van der Waals surface area (Å²) in [6.07, 6.45) is 43.9. The predicted octanol–water partition coefficient (Wildman–Crippen LogP) is 17.4. The summed E-state index contributed by atoms with van der Waals surface area (Å²) >= 11 is -6.32. The molecule has 0 aromatic heterocycles. The molecule has 10 heteroatoms. The number of unbranched alkanes of at least 4 members (excludes halogenated alkanes) is 27. The van der Waals surface area contributed by atoms with Crippen LogP contribution in [0.2, 0.25) is 0 Å². The van der Waals surface area contributed by atoms with Crippen LogP contribution in [0.3, 0.4) is 0 Å². The first-order valence-corrected chi connectivity index (χ1v) is 29.7. The third kappa shape index (κ3) is 40.0. The second-order valence-electron chi connectivity index (χ2n) is 17.9. The van der Waals surface area contributed by atoms with Gasteiger partial charge in [-0.05, 0) is 107 Å². The fourth-order valence-corrected chi connectivity index (χ4v) is 9.75. The van der Waals surface area contributed by atoms with Crippen molar-refractivity contribution in [3.05, 3.63) is 95.9 Å². The van der Waals surface area contributed by atoms with Crippen molar-refractivity contribution < 1.29 is 48.0 Å². The first-order chi connectivity index (χ1) is 32.2. The molecule has 3 rings (SSSR count). The second kappa shape index (κ2) is 51.1. The predicted molar refractivity (Wildman–Crippen MR) is 283 cm³/mol. The van der Waals surface area contributed by atoms with Gasteiger partial charge in [-0.2, -0.15) is 13.8 Å². The minimum absolute atomic E-state index is 0. The Kier molecular flexibility index (Phi) is 51.7. The molecular weight excluding hydrogens is 925 g/mol. The summed E-state index contributed by atoms with van der Waals surface area (Å²) in [5, 5.41) is 0. The monoisotopic (exact) mass is 1020 g/mol. The fraction of sp³-hybridized carbons (Fsp3) is 0.667. The van der Waals surface area contributed by atoms with Gasteiger partial charge in [0.2, 0.25) is 0 Å². The van der Waals surface area contributed by atoms with Crippen LogP contribution in [0.15, 0.2) is 87.5 Å². The van der Waals surface area contributed by atoms with E-state index in [0.29, 0.717) is 14.7 Å². The van der Waals surface area contributed by atoms with Crippen LogP contribution in [0.1, 0.15) is 244 Å². The van der Waals surface area contributed by atoms with Crippen molar-refractivity contribution in [1.29, 1.82) is 0 Å². The Labute approximate surface area is 435 Å². The van der Waals surface area contributed by atoms with Gasteiger partial charge < -0.3 is 20.1 Å². The topological polar surface area (TPSA) is 120 Å². The Morgan fingerprint density at radius 2 is 0.493 bits per heavy atom. The Morgan fingerprint density at radius 1 is 0.328 bits per heavy atom. The van der Waals surface area contributed by atoms with E-state index in [0.717, 1.165) is 55.2 Å². The zero-order chi connectivity index (χ0) is 48.7. The van der Waals surface area contributed by atoms with E-state index in [2.05, 4.69) is 20.8 Å². The third-order valence-electron chi connectivity index (χ3n) is 11.9. The molecule has 0 aliphatic carbocycles. The molecule has 0 aliphatic rings. The van der Waals surface area contributed by atoms with E-state index < -0.39 is 33.2 Å². The Hall–Kier alpha value is -1.30. The van der Waals surface area contributed by atoms with Gasteiger partial charge in [0, 0.05) is 14.7 Å². The van der Waals surface area contributed by atoms with Crippen LogP contribution < -0.4 is 0 Å². The summed E-state index contributed by atoms with van der Waals surface area (Å²) in [4.78, 5) is 1.40. The normalized spacial score (nSPS) is 12.0. The van der Waals surface area contributed by atoms with Crippen molar-refractivity contribution in [2.24, 2.45) is 0 Å². The molecule has 0 saturated carbocycles. The van der Waals surface area contributed by atoms with E-state index >= 15 is 0 Å². The third-order valence-corrected chi connectivity index (χ3v) is 14.1. The molecule has 3 aromatic carbocycles. The smallest absolute Gasteiger partial charge is 0.768 e. The van der Waals surface area contributed by atoms with Gasteiger partial charge in [-0.1, -0.05) is 249 Å². The summed E-state index contributed by atoms with van der Waals surface area (Å²) in [7, 11) is 0. The minimum atomic E-state index is -2.11. The molecule has 3 aromatic rings. The van der Waals surface area contributed by atoms with Gasteiger partial charge in [0.25, 0.3) is 0 Å². The molecule has 0 bridgehead atoms. The van der Waals surface area contributed by atoms with E-state index in [-0.39, 0.29) is 21.7 Å². The number of benzene rings is 3. The fourth-order valence-electron chi connectivity index (χ4n) is 8.03. The van der Waals surface area contributed by atoms with Crippen molar-refractivity contribution in [2.75, 3.05) is 0 Å². The Bertz CT molecular complexity index is 1420. The molecule has 380 valence electrons. The van der Waals surface area contributed by atoms with Crippen molar-refractivity contribution in [3.63, 3.8) is 0 Å². The quantitative estimate of drug-likeness (QED) is 0.0248. The molecule has 6 nitrogen and oxygen atoms in total. The Morgan fingerprint density at radius 3 is 0.672 bits per heavy atom. The van der Waals surface area contributed by atoms with Crippen LogP contribution in [0.25, 0.3) is 0 Å². The molecule has 3 unspecified atom stereocenters. The van der Waals surface area contributed by atoms with E-state index in [1.165, 1.54) is 173 Å². The number of hydrogen-bond acceptors (Lipinski definition) is 6. The van der Waals surface area contributed by atoms with Crippen molar-refractivity contribution in [3.8, 4) is 0 Å². The molecule has 0 amide bonds. The van der Waals surface area contributed by atoms with Gasteiger partial charge in [0.15, 0.2) is 0 Å². The molecule has 0 spiro atoms. The van der Waals surface area contributed by atoms with Crippen molar-refractivity contribution in [2.45, 2.75) is 261 Å². The molecular formula is C57H94O6S3Ti. The number of rotatable bonds is 36. The van der Waals surface area contributed by atoms with Crippen LogP contribution in [-0.4, -0.2) is 26.3 Å². The van der Waals surface area contributed by atoms with Gasteiger partial charge in [0.1, 0.15) is 0 Å². The van der Waals surface area contributed by atoms with Crippen LogP contribution in [0.5, 0.6) is 0 Å². The first-order valence-electron chi connectivity index (χ1n) is 26.4. The zero-order valence-electron chi connectivity index (χ0n) is 43.0. The maximum atomic E-state index is 11.1. The standard InChI is InChI=1S/3C18H30O2S.C3H7.Ti/c3*1-2-3-4-5-6-7-8-9-10-11-14-17-15-12-13-16-18(17)21(19)20;1-3-2;/h3*12-13,15-16H,2-11,14H2,1H3,(H,19,20);3H,1-2H3;/q;;;-1;+4/p-3. The summed E-state index contributed by atoms with van der Waals surface area (Å²) < 4.78 is 66.6. The summed E-state index contributed by atoms with van der Waals surface area (Å²) in [6.45, 7) is 10.8. The Balaban J connectivity index is 0. The van der Waals surface area contributed by atoms with Gasteiger partial charge in [0.05, 0.1) is 0 Å². The maximum Gasteiger partial charge on any atom is 4.00 e. The van der Waals surface area contributed by atoms with Gasteiger partial charge in [-0.15, -0.1) is 0 Å². The molecule has 0 heterocycles. The summed E-state index contributed by atoms with van der Waals surface area (Å²) in [5.41, 5.74) is 2.89. The molecule has 0 radical (unpaired) electrons. The van der Waals surface area contributed by atoms with E-state index in [1.54, 1.807) is 36.4 Å². The van der Waals surface area contributed by atoms with Gasteiger partial charge in [-0.25, -0.2) is 0 Å². The zero-order valence-corrected chi connectivity index (χ0v) is 47.0. The molecule has 0 aliphatic heterocycles. The first kappa shape index (κ1) is 67.8.